The van der Waals surface area contributed by atoms with Gasteiger partial charge in [0.2, 0.25) is 0 Å². The number of fused-ring (bicyclic) bond motifs is 1. The Balaban J connectivity index is 1.54. The van der Waals surface area contributed by atoms with Gasteiger partial charge in [0.1, 0.15) is 0 Å². The van der Waals surface area contributed by atoms with Gasteiger partial charge in [-0.25, -0.2) is 0 Å². The Morgan fingerprint density at radius 3 is 3.00 bits per heavy atom. The molecule has 1 aromatic heterocycles. The first kappa shape index (κ1) is 13.6. The third kappa shape index (κ3) is 3.39. The van der Waals surface area contributed by atoms with E-state index in [1.165, 1.54) is 58.2 Å². The average molecular weight is 278 g/mol. The molecule has 0 radical (unpaired) electrons. The van der Waals surface area contributed by atoms with Crippen LogP contribution in [0.4, 0.5) is 0 Å². The summed E-state index contributed by atoms with van der Waals surface area (Å²) in [5, 5.41) is 6.14. The Kier molecular flexibility index (Phi) is 4.57. The highest BCUT2D eigenvalue weighted by Crippen LogP contribution is 2.33. The summed E-state index contributed by atoms with van der Waals surface area (Å²) in [4.78, 5) is 4.26. The molecule has 3 heteroatoms. The maximum absolute atomic E-state index is 3.87. The molecule has 1 saturated heterocycles. The van der Waals surface area contributed by atoms with Crippen LogP contribution < -0.4 is 5.32 Å². The molecular weight excluding hydrogens is 252 g/mol. The lowest BCUT2D eigenvalue weighted by molar-refractivity contribution is 0.202. The Hall–Kier alpha value is -0.380. The van der Waals surface area contributed by atoms with Gasteiger partial charge in [0.15, 0.2) is 0 Å². The van der Waals surface area contributed by atoms with Gasteiger partial charge < -0.3 is 10.2 Å². The van der Waals surface area contributed by atoms with E-state index in [1.807, 2.05) is 11.3 Å². The van der Waals surface area contributed by atoms with Crippen LogP contribution in [0.3, 0.4) is 0 Å². The van der Waals surface area contributed by atoms with Crippen LogP contribution in [-0.2, 0) is 6.42 Å². The van der Waals surface area contributed by atoms with Gasteiger partial charge in [-0.15, -0.1) is 11.3 Å². The minimum absolute atomic E-state index is 0.606. The molecule has 106 valence electrons. The first-order chi connectivity index (χ1) is 9.33. The molecular formula is C16H26N2S. The second-order valence-electron chi connectivity index (χ2n) is 6.17. The van der Waals surface area contributed by atoms with Crippen LogP contribution in [0.25, 0.3) is 0 Å². The van der Waals surface area contributed by atoms with E-state index in [4.69, 9.17) is 0 Å². The molecule has 2 aliphatic rings. The lowest BCUT2D eigenvalue weighted by atomic mass is 9.93. The topological polar surface area (TPSA) is 15.3 Å². The zero-order valence-electron chi connectivity index (χ0n) is 12.0. The van der Waals surface area contributed by atoms with Gasteiger partial charge in [0.05, 0.1) is 0 Å². The minimum atomic E-state index is 0.606. The quantitative estimate of drug-likeness (QED) is 0.905. The summed E-state index contributed by atoms with van der Waals surface area (Å²) in [5.74, 6) is 0. The molecule has 0 spiro atoms. The van der Waals surface area contributed by atoms with E-state index in [0.29, 0.717) is 12.1 Å². The Morgan fingerprint density at radius 2 is 2.16 bits per heavy atom. The number of nitrogens with one attached hydrogen (secondary N) is 1. The third-order valence-corrected chi connectivity index (χ3v) is 5.51. The van der Waals surface area contributed by atoms with Gasteiger partial charge in [-0.2, -0.15) is 0 Å². The predicted molar refractivity (Wildman–Crippen MR) is 82.9 cm³/mol. The lowest BCUT2D eigenvalue weighted by Gasteiger charge is -2.32. The smallest absolute Gasteiger partial charge is 0.0334 e. The summed E-state index contributed by atoms with van der Waals surface area (Å²) in [6.07, 6.45) is 8.18. The van der Waals surface area contributed by atoms with Crippen molar-refractivity contribution in [2.75, 3.05) is 19.6 Å². The van der Waals surface area contributed by atoms with Crippen LogP contribution in [0.2, 0.25) is 0 Å². The number of aryl methyl sites for hydroxylation is 1. The molecule has 1 aliphatic carbocycles. The van der Waals surface area contributed by atoms with E-state index in [-0.39, 0.29) is 0 Å². The van der Waals surface area contributed by atoms with Crippen LogP contribution in [0.5, 0.6) is 0 Å². The van der Waals surface area contributed by atoms with Crippen molar-refractivity contribution >= 4 is 11.3 Å². The number of rotatable bonds is 4. The first-order valence-electron chi connectivity index (χ1n) is 7.87. The normalized spacial score (nSPS) is 26.1. The van der Waals surface area contributed by atoms with E-state index in [0.717, 1.165) is 0 Å². The van der Waals surface area contributed by atoms with Crippen molar-refractivity contribution in [2.45, 2.75) is 57.5 Å². The molecule has 2 nitrogen and oxygen atoms in total. The largest absolute Gasteiger partial charge is 0.306 e. The minimum Gasteiger partial charge on any atom is -0.306 e. The van der Waals surface area contributed by atoms with Gasteiger partial charge in [0.25, 0.3) is 0 Å². The van der Waals surface area contributed by atoms with Crippen LogP contribution in [0.15, 0.2) is 11.4 Å². The van der Waals surface area contributed by atoms with Crippen molar-refractivity contribution in [2.24, 2.45) is 0 Å². The zero-order chi connectivity index (χ0) is 13.1. The SMILES string of the molecule is CC(CN1CCCCC1)NC1CCCc2sccc21. The number of hydrogen-bond donors (Lipinski definition) is 1. The molecule has 0 amide bonds. The van der Waals surface area contributed by atoms with Gasteiger partial charge >= 0.3 is 0 Å². The molecule has 1 aromatic rings. The maximum atomic E-state index is 3.87. The fraction of sp³-hybridized carbons (Fsp3) is 0.750. The summed E-state index contributed by atoms with van der Waals surface area (Å²) in [5.41, 5.74) is 1.58. The van der Waals surface area contributed by atoms with E-state index >= 15 is 0 Å². The Labute approximate surface area is 121 Å². The van der Waals surface area contributed by atoms with Crippen molar-refractivity contribution in [1.82, 2.24) is 10.2 Å². The number of nitrogens with zero attached hydrogens (tertiary/aromatic N) is 1. The van der Waals surface area contributed by atoms with Crippen molar-refractivity contribution in [3.8, 4) is 0 Å². The predicted octanol–water partition coefficient (Wildman–Crippen LogP) is 3.59. The molecule has 0 saturated carbocycles. The molecule has 3 rings (SSSR count). The van der Waals surface area contributed by atoms with E-state index < -0.39 is 0 Å². The van der Waals surface area contributed by atoms with Crippen LogP contribution in [0.1, 0.15) is 55.5 Å². The molecule has 1 aliphatic heterocycles. The van der Waals surface area contributed by atoms with Crippen LogP contribution in [0, 0.1) is 0 Å². The third-order valence-electron chi connectivity index (χ3n) is 4.52. The highest BCUT2D eigenvalue weighted by molar-refractivity contribution is 7.10. The molecule has 0 bridgehead atoms. The van der Waals surface area contributed by atoms with Gasteiger partial charge in [-0.05, 0) is 69.1 Å². The fourth-order valence-electron chi connectivity index (χ4n) is 3.58. The molecule has 2 atom stereocenters. The van der Waals surface area contributed by atoms with Crippen molar-refractivity contribution in [3.05, 3.63) is 21.9 Å². The van der Waals surface area contributed by atoms with Gasteiger partial charge in [-0.3, -0.25) is 0 Å². The summed E-state index contributed by atoms with van der Waals surface area (Å²) in [6, 6.07) is 3.55. The molecule has 2 unspecified atom stereocenters. The molecule has 2 heterocycles. The van der Waals surface area contributed by atoms with Crippen molar-refractivity contribution in [1.29, 1.82) is 0 Å². The average Bonchev–Trinajstić information content (AvgIpc) is 2.89. The Bertz CT molecular complexity index is 395. The highest BCUT2D eigenvalue weighted by Gasteiger charge is 2.23. The molecule has 1 N–H and O–H groups in total. The maximum Gasteiger partial charge on any atom is 0.0334 e. The van der Waals surface area contributed by atoms with Crippen LogP contribution >= 0.6 is 11.3 Å². The van der Waals surface area contributed by atoms with Crippen LogP contribution in [-0.4, -0.2) is 30.6 Å². The number of hydrogen-bond acceptors (Lipinski definition) is 3. The van der Waals surface area contributed by atoms with E-state index in [1.54, 1.807) is 10.4 Å². The highest BCUT2D eigenvalue weighted by atomic mass is 32.1. The second kappa shape index (κ2) is 6.38. The number of piperidine rings is 1. The molecule has 19 heavy (non-hydrogen) atoms. The summed E-state index contributed by atoms with van der Waals surface area (Å²) < 4.78 is 0. The summed E-state index contributed by atoms with van der Waals surface area (Å²) >= 11 is 1.94. The summed E-state index contributed by atoms with van der Waals surface area (Å²) in [7, 11) is 0. The van der Waals surface area contributed by atoms with E-state index in [2.05, 4.69) is 28.6 Å². The van der Waals surface area contributed by atoms with Gasteiger partial charge in [-0.1, -0.05) is 6.42 Å². The van der Waals surface area contributed by atoms with Gasteiger partial charge in [0, 0.05) is 23.5 Å². The number of thiophene rings is 1. The first-order valence-corrected chi connectivity index (χ1v) is 8.75. The lowest BCUT2D eigenvalue weighted by Crippen LogP contribution is -2.43. The molecule has 0 aromatic carbocycles. The van der Waals surface area contributed by atoms with Crippen molar-refractivity contribution < 1.29 is 0 Å². The zero-order valence-corrected chi connectivity index (χ0v) is 12.8. The standard InChI is InChI=1S/C16H26N2S/c1-13(12-18-9-3-2-4-10-18)17-15-6-5-7-16-14(15)8-11-19-16/h8,11,13,15,17H,2-7,9-10,12H2,1H3. The number of likely N-dealkylation sites (tertiary alicyclic amines) is 1. The monoisotopic (exact) mass is 278 g/mol. The fourth-order valence-corrected chi connectivity index (χ4v) is 4.57. The Morgan fingerprint density at radius 1 is 1.32 bits per heavy atom. The van der Waals surface area contributed by atoms with E-state index in [9.17, 15) is 0 Å². The molecule has 1 fully saturated rings. The second-order valence-corrected chi connectivity index (χ2v) is 7.17. The summed E-state index contributed by atoms with van der Waals surface area (Å²) in [6.45, 7) is 6.19. The van der Waals surface area contributed by atoms with Crippen molar-refractivity contribution in [3.63, 3.8) is 0 Å².